The second-order valence-corrected chi connectivity index (χ2v) is 6.93. The van der Waals surface area contributed by atoms with Gasteiger partial charge in [0.05, 0.1) is 17.7 Å². The molecule has 0 saturated heterocycles. The number of nitrogens with one attached hydrogen (secondary N) is 2. The van der Waals surface area contributed by atoms with Crippen molar-refractivity contribution in [1.82, 2.24) is 10.6 Å². The standard InChI is InChI=1S/C20H17ClN2O4S/c1-11(24)17-18(12-5-3-2-4-6-12)22-20(28)23-19(17)14-9-13(21)7-8-15(14)27-10-16(25)26/h2-9,19H,10H2,1H3,(H,25,26)(H2,22,23,28)/p-1/t19-/m1/s1. The summed E-state index contributed by atoms with van der Waals surface area (Å²) in [4.78, 5) is 23.4. The summed E-state index contributed by atoms with van der Waals surface area (Å²) in [6, 6.07) is 13.4. The average Bonchev–Trinajstić information content (AvgIpc) is 2.66. The molecule has 2 aromatic rings. The van der Waals surface area contributed by atoms with Crippen LogP contribution in [-0.4, -0.2) is 23.5 Å². The third-order valence-electron chi connectivity index (χ3n) is 4.14. The van der Waals surface area contributed by atoms with E-state index in [1.807, 2.05) is 30.3 Å². The summed E-state index contributed by atoms with van der Waals surface area (Å²) in [6.45, 7) is 0.823. The fourth-order valence-electron chi connectivity index (χ4n) is 3.02. The maximum absolute atomic E-state index is 12.6. The summed E-state index contributed by atoms with van der Waals surface area (Å²) in [7, 11) is 0. The second-order valence-electron chi connectivity index (χ2n) is 6.09. The topological polar surface area (TPSA) is 90.5 Å². The molecule has 0 saturated carbocycles. The van der Waals surface area contributed by atoms with E-state index in [2.05, 4.69) is 10.6 Å². The number of carboxylic acids is 1. The number of thiocarbonyl (C=S) groups is 1. The van der Waals surface area contributed by atoms with E-state index in [1.54, 1.807) is 18.2 Å². The van der Waals surface area contributed by atoms with Gasteiger partial charge in [0.1, 0.15) is 12.4 Å². The van der Waals surface area contributed by atoms with Crippen molar-refractivity contribution in [3.05, 3.63) is 70.3 Å². The monoisotopic (exact) mass is 415 g/mol. The summed E-state index contributed by atoms with van der Waals surface area (Å²) in [5, 5.41) is 17.7. The van der Waals surface area contributed by atoms with Gasteiger partial charge in [0, 0.05) is 16.2 Å². The van der Waals surface area contributed by atoms with Gasteiger partial charge in [-0.25, -0.2) is 0 Å². The third kappa shape index (κ3) is 4.32. The summed E-state index contributed by atoms with van der Waals surface area (Å²) >= 11 is 11.5. The van der Waals surface area contributed by atoms with Gasteiger partial charge in [-0.2, -0.15) is 0 Å². The van der Waals surface area contributed by atoms with Crippen molar-refractivity contribution in [3.63, 3.8) is 0 Å². The predicted octanol–water partition coefficient (Wildman–Crippen LogP) is 1.99. The highest BCUT2D eigenvalue weighted by Crippen LogP contribution is 2.37. The number of Topliss-reactive ketones (excluding diaryl/α,β-unsaturated/α-hetero) is 1. The highest BCUT2D eigenvalue weighted by Gasteiger charge is 2.32. The zero-order valence-electron chi connectivity index (χ0n) is 14.8. The normalized spacial score (nSPS) is 16.2. The number of carbonyl (C=O) groups excluding carboxylic acids is 2. The second kappa shape index (κ2) is 8.41. The van der Waals surface area contributed by atoms with Crippen molar-refractivity contribution in [1.29, 1.82) is 0 Å². The van der Waals surface area contributed by atoms with E-state index in [4.69, 9.17) is 28.6 Å². The van der Waals surface area contributed by atoms with Crippen LogP contribution in [0, 0.1) is 0 Å². The van der Waals surface area contributed by atoms with Crippen molar-refractivity contribution >= 4 is 46.4 Å². The first-order valence-electron chi connectivity index (χ1n) is 8.37. The van der Waals surface area contributed by atoms with Crippen LogP contribution >= 0.6 is 23.8 Å². The Morgan fingerprint density at radius 1 is 1.21 bits per heavy atom. The number of rotatable bonds is 6. The van der Waals surface area contributed by atoms with Crippen molar-refractivity contribution in [2.45, 2.75) is 13.0 Å². The van der Waals surface area contributed by atoms with E-state index in [0.717, 1.165) is 5.56 Å². The third-order valence-corrected chi connectivity index (χ3v) is 4.60. The minimum Gasteiger partial charge on any atom is -0.546 e. The van der Waals surface area contributed by atoms with Crippen LogP contribution in [0.25, 0.3) is 5.70 Å². The molecule has 0 spiro atoms. The van der Waals surface area contributed by atoms with E-state index in [-0.39, 0.29) is 11.5 Å². The van der Waals surface area contributed by atoms with E-state index in [9.17, 15) is 14.7 Å². The van der Waals surface area contributed by atoms with Crippen molar-refractivity contribution in [2.75, 3.05) is 6.61 Å². The molecule has 1 heterocycles. The van der Waals surface area contributed by atoms with Gasteiger partial charge in [-0.05, 0) is 42.9 Å². The van der Waals surface area contributed by atoms with Gasteiger partial charge in [-0.15, -0.1) is 0 Å². The first kappa shape index (κ1) is 19.9. The smallest absolute Gasteiger partial charge is 0.171 e. The zero-order chi connectivity index (χ0) is 20.3. The SMILES string of the molecule is CC(=O)C1=C(c2ccccc2)NC(=S)N[C@@H]1c1cc(Cl)ccc1OCC(=O)[O-]. The summed E-state index contributed by atoms with van der Waals surface area (Å²) in [5.41, 5.74) is 2.30. The molecule has 28 heavy (non-hydrogen) atoms. The number of hydrogen-bond donors (Lipinski definition) is 2. The largest absolute Gasteiger partial charge is 0.546 e. The lowest BCUT2D eigenvalue weighted by molar-refractivity contribution is -0.307. The Kier molecular flexibility index (Phi) is 5.96. The molecule has 0 fully saturated rings. The molecule has 0 unspecified atom stereocenters. The molecule has 0 radical (unpaired) electrons. The van der Waals surface area contributed by atoms with Crippen LogP contribution in [0.15, 0.2) is 54.1 Å². The van der Waals surface area contributed by atoms with Gasteiger partial charge in [-0.1, -0.05) is 41.9 Å². The first-order valence-corrected chi connectivity index (χ1v) is 9.15. The van der Waals surface area contributed by atoms with Gasteiger partial charge in [0.2, 0.25) is 0 Å². The number of aliphatic carboxylic acids is 1. The van der Waals surface area contributed by atoms with Crippen molar-refractivity contribution < 1.29 is 19.4 Å². The number of benzene rings is 2. The van der Waals surface area contributed by atoms with E-state index in [1.165, 1.54) is 6.92 Å². The fraction of sp³-hybridized carbons (Fsp3) is 0.150. The Balaban J connectivity index is 2.17. The van der Waals surface area contributed by atoms with Crippen LogP contribution in [0.1, 0.15) is 24.1 Å². The summed E-state index contributed by atoms with van der Waals surface area (Å²) < 4.78 is 5.35. The molecule has 2 aromatic carbocycles. The molecule has 1 atom stereocenters. The van der Waals surface area contributed by atoms with Gasteiger partial charge in [0.25, 0.3) is 0 Å². The zero-order valence-corrected chi connectivity index (χ0v) is 16.4. The highest BCUT2D eigenvalue weighted by molar-refractivity contribution is 7.80. The number of ketones is 1. The Morgan fingerprint density at radius 3 is 2.57 bits per heavy atom. The van der Waals surface area contributed by atoms with Crippen molar-refractivity contribution in [3.8, 4) is 5.75 Å². The summed E-state index contributed by atoms with van der Waals surface area (Å²) in [6.07, 6.45) is 0. The minimum absolute atomic E-state index is 0.183. The molecule has 1 aliphatic rings. The Morgan fingerprint density at radius 2 is 1.93 bits per heavy atom. The van der Waals surface area contributed by atoms with Gasteiger partial charge < -0.3 is 25.3 Å². The Labute approximate surface area is 172 Å². The maximum atomic E-state index is 12.6. The molecule has 0 aliphatic carbocycles. The molecule has 0 bridgehead atoms. The van der Waals surface area contributed by atoms with Crippen LogP contribution in [-0.2, 0) is 9.59 Å². The lowest BCUT2D eigenvalue weighted by Crippen LogP contribution is -2.44. The van der Waals surface area contributed by atoms with Crippen LogP contribution in [0.3, 0.4) is 0 Å². The molecule has 6 nitrogen and oxygen atoms in total. The van der Waals surface area contributed by atoms with E-state index in [0.29, 0.717) is 27.0 Å². The summed E-state index contributed by atoms with van der Waals surface area (Å²) in [5.74, 6) is -1.28. The van der Waals surface area contributed by atoms with Gasteiger partial charge in [-0.3, -0.25) is 4.79 Å². The number of halogens is 1. The molecule has 1 aliphatic heterocycles. The average molecular weight is 416 g/mol. The molecule has 8 heteroatoms. The van der Waals surface area contributed by atoms with Crippen molar-refractivity contribution in [2.24, 2.45) is 0 Å². The molecule has 144 valence electrons. The predicted molar refractivity (Wildman–Crippen MR) is 108 cm³/mol. The maximum Gasteiger partial charge on any atom is 0.171 e. The van der Waals surface area contributed by atoms with E-state index < -0.39 is 18.6 Å². The van der Waals surface area contributed by atoms with E-state index >= 15 is 0 Å². The molecule has 0 amide bonds. The number of carboxylic acid groups (broad SMARTS) is 1. The van der Waals surface area contributed by atoms with Crippen LogP contribution < -0.4 is 20.5 Å². The van der Waals surface area contributed by atoms with Crippen LogP contribution in [0.4, 0.5) is 0 Å². The Hall–Kier alpha value is -2.90. The highest BCUT2D eigenvalue weighted by atomic mass is 35.5. The number of hydrogen-bond acceptors (Lipinski definition) is 5. The lowest BCUT2D eigenvalue weighted by atomic mass is 9.90. The molecule has 2 N–H and O–H groups in total. The Bertz CT molecular complexity index is 975. The quantitative estimate of drug-likeness (QED) is 0.697. The number of carbonyl (C=O) groups is 2. The van der Waals surface area contributed by atoms with Gasteiger partial charge in [0.15, 0.2) is 10.9 Å². The fourth-order valence-corrected chi connectivity index (χ4v) is 3.42. The molecule has 0 aromatic heterocycles. The molecule has 3 rings (SSSR count). The van der Waals surface area contributed by atoms with Crippen LogP contribution in [0.5, 0.6) is 5.75 Å². The molecular weight excluding hydrogens is 400 g/mol. The number of ether oxygens (including phenoxy) is 1. The van der Waals surface area contributed by atoms with Gasteiger partial charge >= 0.3 is 0 Å². The lowest BCUT2D eigenvalue weighted by Gasteiger charge is -2.32. The minimum atomic E-state index is -1.36. The molecular formula is C20H16ClN2O4S-. The van der Waals surface area contributed by atoms with Crippen LogP contribution in [0.2, 0.25) is 5.02 Å². The first-order chi connectivity index (χ1) is 13.4.